The largest absolute Gasteiger partial charge is 0.415 e. The zero-order valence-corrected chi connectivity index (χ0v) is 22.8. The number of rotatable bonds is 5. The van der Waals surface area contributed by atoms with E-state index >= 15 is 0 Å². The number of nitrogens with zero attached hydrogens (tertiary/aromatic N) is 5. The van der Waals surface area contributed by atoms with Crippen molar-refractivity contribution in [3.63, 3.8) is 0 Å². The fraction of sp³-hybridized carbons (Fsp3) is 0.333. The van der Waals surface area contributed by atoms with E-state index in [9.17, 15) is 14.0 Å². The van der Waals surface area contributed by atoms with Crippen LogP contribution >= 0.6 is 11.6 Å². The number of likely N-dealkylation sites (N-methyl/N-ethyl adjacent to an activating group) is 1. The number of piperidine rings is 1. The van der Waals surface area contributed by atoms with E-state index in [4.69, 9.17) is 21.6 Å². The summed E-state index contributed by atoms with van der Waals surface area (Å²) in [6, 6.07) is 18.1. The number of hydrogen-bond acceptors (Lipinski definition) is 6. The molecule has 2 saturated heterocycles. The van der Waals surface area contributed by atoms with E-state index in [2.05, 4.69) is 16.0 Å². The Morgan fingerprint density at radius 1 is 1.05 bits per heavy atom. The smallest absolute Gasteiger partial charge is 0.410 e. The van der Waals surface area contributed by atoms with E-state index in [-0.39, 0.29) is 29.5 Å². The van der Waals surface area contributed by atoms with Gasteiger partial charge in [0, 0.05) is 56.3 Å². The minimum absolute atomic E-state index is 0.0780. The third-order valence-electron chi connectivity index (χ3n) is 7.75. The second-order valence-electron chi connectivity index (χ2n) is 10.2. The zero-order chi connectivity index (χ0) is 28.2. The third-order valence-corrected chi connectivity index (χ3v) is 8.00. The molecule has 3 heterocycles. The molecule has 0 spiro atoms. The number of ether oxygens (including phenoxy) is 1. The molecule has 2 aliphatic rings. The van der Waals surface area contributed by atoms with Crippen molar-refractivity contribution in [2.45, 2.75) is 24.8 Å². The Hall–Kier alpha value is -4.16. The molecule has 2 fully saturated rings. The summed E-state index contributed by atoms with van der Waals surface area (Å²) in [5.41, 5.74) is 1.49. The Bertz CT molecular complexity index is 1390. The molecule has 0 radical (unpaired) electrons. The van der Waals surface area contributed by atoms with Crippen LogP contribution in [0, 0.1) is 23.1 Å². The van der Waals surface area contributed by atoms with Crippen LogP contribution in [0.2, 0.25) is 5.02 Å². The molecule has 0 N–H and O–H groups in total. The maximum atomic E-state index is 13.7. The first kappa shape index (κ1) is 27.4. The topological polar surface area (TPSA) is 89.8 Å². The average Bonchev–Trinajstić information content (AvgIpc) is 3.43. The molecule has 10 heteroatoms. The Kier molecular flexibility index (Phi) is 8.17. The molecule has 0 aliphatic carbocycles. The maximum Gasteiger partial charge on any atom is 0.415 e. The number of halogens is 2. The lowest BCUT2D eigenvalue weighted by atomic mass is 9.93. The molecule has 40 heavy (non-hydrogen) atoms. The fourth-order valence-corrected chi connectivity index (χ4v) is 5.59. The van der Waals surface area contributed by atoms with Crippen molar-refractivity contribution in [1.82, 2.24) is 14.8 Å². The summed E-state index contributed by atoms with van der Waals surface area (Å²) >= 11 is 6.12. The van der Waals surface area contributed by atoms with E-state index in [0.717, 1.165) is 11.4 Å². The average molecular weight is 562 g/mol. The van der Waals surface area contributed by atoms with Crippen molar-refractivity contribution in [2.75, 3.05) is 38.1 Å². The second kappa shape index (κ2) is 11.9. The Morgan fingerprint density at radius 2 is 1.75 bits per heavy atom. The van der Waals surface area contributed by atoms with Gasteiger partial charge in [-0.2, -0.15) is 5.26 Å². The van der Waals surface area contributed by atoms with Crippen molar-refractivity contribution >= 4 is 29.4 Å². The van der Waals surface area contributed by atoms with Crippen LogP contribution in [-0.4, -0.2) is 66.1 Å². The first-order valence-electron chi connectivity index (χ1n) is 13.2. The molecule has 3 aromatic rings. The molecule has 2 amide bonds. The number of pyridine rings is 1. The standard InChI is InChI=1S/C30H29ClFN5O3/c1-35(30(39)40-25-9-7-24(32)8-10-25)27-19-37(18-26(27)21-3-5-23(31)6-4-21)29(38)22-12-14-36(15-13-22)28-11-2-20(16-33)17-34-28/h2-11,17,22,26-27H,12-15,18-19H2,1H3/t26-,27+/m0/s1. The number of anilines is 1. The highest BCUT2D eigenvalue weighted by molar-refractivity contribution is 6.30. The van der Waals surface area contributed by atoms with Gasteiger partial charge in [-0.05, 0) is 66.9 Å². The summed E-state index contributed by atoms with van der Waals surface area (Å²) < 4.78 is 18.8. The SMILES string of the molecule is CN(C(=O)Oc1ccc(F)cc1)[C@@H]1CN(C(=O)C2CCN(c3ccc(C#N)cn3)CC2)C[C@H]1c1ccc(Cl)cc1. The number of likely N-dealkylation sites (tertiary alicyclic amines) is 1. The molecular weight excluding hydrogens is 533 g/mol. The van der Waals surface area contributed by atoms with Crippen LogP contribution in [-0.2, 0) is 4.79 Å². The first-order valence-corrected chi connectivity index (χ1v) is 13.6. The van der Waals surface area contributed by atoms with Gasteiger partial charge in [0.15, 0.2) is 0 Å². The molecule has 5 rings (SSSR count). The van der Waals surface area contributed by atoms with Gasteiger partial charge in [-0.25, -0.2) is 14.2 Å². The van der Waals surface area contributed by atoms with Crippen molar-refractivity contribution in [3.8, 4) is 11.8 Å². The summed E-state index contributed by atoms with van der Waals surface area (Å²) in [7, 11) is 1.66. The number of benzene rings is 2. The molecule has 2 atom stereocenters. The summed E-state index contributed by atoms with van der Waals surface area (Å²) in [4.78, 5) is 36.6. The zero-order valence-electron chi connectivity index (χ0n) is 22.0. The molecule has 2 aliphatic heterocycles. The maximum absolute atomic E-state index is 13.7. The third kappa shape index (κ3) is 6.02. The summed E-state index contributed by atoms with van der Waals surface area (Å²) in [6.45, 7) is 2.23. The predicted octanol–water partition coefficient (Wildman–Crippen LogP) is 5.09. The number of carbonyl (C=O) groups excluding carboxylic acids is 2. The van der Waals surface area contributed by atoms with Crippen molar-refractivity contribution in [3.05, 3.63) is 88.8 Å². The van der Waals surface area contributed by atoms with E-state index in [1.807, 2.05) is 35.2 Å². The van der Waals surface area contributed by atoms with Gasteiger partial charge in [0.25, 0.3) is 0 Å². The fourth-order valence-electron chi connectivity index (χ4n) is 5.46. The van der Waals surface area contributed by atoms with Crippen LogP contribution in [0.25, 0.3) is 0 Å². The van der Waals surface area contributed by atoms with Gasteiger partial charge in [-0.1, -0.05) is 23.7 Å². The van der Waals surface area contributed by atoms with Crippen LogP contribution in [0.15, 0.2) is 66.9 Å². The normalized spacial score (nSPS) is 19.2. The van der Waals surface area contributed by atoms with Gasteiger partial charge in [0.1, 0.15) is 23.5 Å². The number of nitriles is 1. The molecule has 8 nitrogen and oxygen atoms in total. The van der Waals surface area contributed by atoms with E-state index in [1.54, 1.807) is 19.3 Å². The second-order valence-corrected chi connectivity index (χ2v) is 10.6. The number of hydrogen-bond donors (Lipinski definition) is 0. The molecule has 0 unspecified atom stereocenters. The van der Waals surface area contributed by atoms with Gasteiger partial charge in [-0.15, -0.1) is 0 Å². The molecular formula is C30H29ClFN5O3. The van der Waals surface area contributed by atoms with E-state index in [0.29, 0.717) is 49.6 Å². The van der Waals surface area contributed by atoms with E-state index in [1.165, 1.54) is 29.2 Å². The monoisotopic (exact) mass is 561 g/mol. The minimum Gasteiger partial charge on any atom is -0.410 e. The Labute approximate surface area is 237 Å². The van der Waals surface area contributed by atoms with Crippen LogP contribution in [0.3, 0.4) is 0 Å². The number of aromatic nitrogens is 1. The molecule has 2 aromatic carbocycles. The minimum atomic E-state index is -0.576. The number of carbonyl (C=O) groups is 2. The highest BCUT2D eigenvalue weighted by Crippen LogP contribution is 2.34. The number of amides is 2. The van der Waals surface area contributed by atoms with Gasteiger partial charge in [-0.3, -0.25) is 4.79 Å². The lowest BCUT2D eigenvalue weighted by Crippen LogP contribution is -2.45. The first-order chi connectivity index (χ1) is 19.3. The molecule has 0 bridgehead atoms. The van der Waals surface area contributed by atoms with Gasteiger partial charge in [0.05, 0.1) is 11.6 Å². The molecule has 206 valence electrons. The van der Waals surface area contributed by atoms with Crippen molar-refractivity contribution in [1.29, 1.82) is 5.26 Å². The predicted molar refractivity (Wildman–Crippen MR) is 149 cm³/mol. The molecule has 0 saturated carbocycles. The quantitative estimate of drug-likeness (QED) is 0.431. The van der Waals surface area contributed by atoms with Crippen LogP contribution < -0.4 is 9.64 Å². The van der Waals surface area contributed by atoms with Gasteiger partial charge < -0.3 is 19.4 Å². The van der Waals surface area contributed by atoms with E-state index < -0.39 is 11.9 Å². The highest BCUT2D eigenvalue weighted by atomic mass is 35.5. The Morgan fingerprint density at radius 3 is 2.38 bits per heavy atom. The summed E-state index contributed by atoms with van der Waals surface area (Å²) in [5, 5.41) is 9.62. The summed E-state index contributed by atoms with van der Waals surface area (Å²) in [5.74, 6) is 0.450. The van der Waals surface area contributed by atoms with Crippen molar-refractivity contribution in [2.24, 2.45) is 5.92 Å². The van der Waals surface area contributed by atoms with Gasteiger partial charge >= 0.3 is 6.09 Å². The van der Waals surface area contributed by atoms with Crippen molar-refractivity contribution < 1.29 is 18.7 Å². The lowest BCUT2D eigenvalue weighted by molar-refractivity contribution is -0.135. The van der Waals surface area contributed by atoms with Crippen LogP contribution in [0.1, 0.15) is 29.9 Å². The Balaban J connectivity index is 1.27. The van der Waals surface area contributed by atoms with Gasteiger partial charge in [0.2, 0.25) is 5.91 Å². The summed E-state index contributed by atoms with van der Waals surface area (Å²) in [6.07, 6.45) is 2.37. The van der Waals surface area contributed by atoms with Crippen LogP contribution in [0.5, 0.6) is 5.75 Å². The molecule has 1 aromatic heterocycles. The van der Waals surface area contributed by atoms with Crippen LogP contribution in [0.4, 0.5) is 15.0 Å². The highest BCUT2D eigenvalue weighted by Gasteiger charge is 2.42. The lowest BCUT2D eigenvalue weighted by Gasteiger charge is -2.34.